The van der Waals surface area contributed by atoms with Crippen LogP contribution in [0, 0.1) is 0 Å². The van der Waals surface area contributed by atoms with Gasteiger partial charge in [-0.1, -0.05) is 12.1 Å². The number of aromatic amines is 1. The maximum absolute atomic E-state index is 11.8. The second-order valence-corrected chi connectivity index (χ2v) is 5.39. The molecule has 0 fully saturated rings. The van der Waals surface area contributed by atoms with Crippen molar-refractivity contribution >= 4 is 29.8 Å². The Morgan fingerprint density at radius 2 is 2.17 bits per heavy atom. The van der Waals surface area contributed by atoms with Gasteiger partial charge in [0.05, 0.1) is 7.11 Å². The van der Waals surface area contributed by atoms with E-state index < -0.39 is 11.5 Å². The molecule has 1 aromatic carbocycles. The monoisotopic (exact) mass is 331 g/mol. The van der Waals surface area contributed by atoms with Crippen molar-refractivity contribution in [2.75, 3.05) is 20.4 Å². The fraction of sp³-hybridized carbons (Fsp3) is 0.188. The van der Waals surface area contributed by atoms with Crippen LogP contribution in [-0.2, 0) is 0 Å². The Morgan fingerprint density at radius 1 is 1.39 bits per heavy atom. The van der Waals surface area contributed by atoms with Gasteiger partial charge >= 0.3 is 0 Å². The molecule has 0 aliphatic carbocycles. The van der Waals surface area contributed by atoms with Gasteiger partial charge in [0.2, 0.25) is 0 Å². The van der Waals surface area contributed by atoms with Crippen LogP contribution < -0.4 is 15.6 Å². The van der Waals surface area contributed by atoms with Crippen molar-refractivity contribution in [1.82, 2.24) is 15.3 Å². The summed E-state index contributed by atoms with van der Waals surface area (Å²) in [6.45, 7) is 0. The molecule has 1 amide bonds. The minimum atomic E-state index is -0.474. The van der Waals surface area contributed by atoms with E-state index in [-0.39, 0.29) is 5.56 Å². The summed E-state index contributed by atoms with van der Waals surface area (Å²) in [6.07, 6.45) is 6.75. The second-order valence-electron chi connectivity index (χ2n) is 4.54. The largest absolute Gasteiger partial charge is 0.496 e. The zero-order chi connectivity index (χ0) is 16.8. The molecule has 2 aromatic rings. The maximum Gasteiger partial charge on any atom is 0.263 e. The molecular formula is C16H17N3O3S. The molecule has 2 rings (SSSR count). The Morgan fingerprint density at radius 3 is 2.78 bits per heavy atom. The van der Waals surface area contributed by atoms with Crippen molar-refractivity contribution in [2.45, 2.75) is 4.90 Å². The highest BCUT2D eigenvalue weighted by Gasteiger charge is 2.08. The van der Waals surface area contributed by atoms with E-state index in [1.165, 1.54) is 13.2 Å². The SMILES string of the molecule is CNC(=O)c1cnc(/C=C\c2ccc(OC)c(SC)c2)[nH]c1=O. The summed E-state index contributed by atoms with van der Waals surface area (Å²) in [5, 5.41) is 2.39. The van der Waals surface area contributed by atoms with Crippen LogP contribution in [0.4, 0.5) is 0 Å². The minimum Gasteiger partial charge on any atom is -0.496 e. The Labute approximate surface area is 138 Å². The van der Waals surface area contributed by atoms with Crippen molar-refractivity contribution in [2.24, 2.45) is 0 Å². The number of ether oxygens (including phenoxy) is 1. The molecule has 0 radical (unpaired) electrons. The van der Waals surface area contributed by atoms with E-state index in [1.807, 2.05) is 30.5 Å². The lowest BCUT2D eigenvalue weighted by Crippen LogP contribution is -2.27. The van der Waals surface area contributed by atoms with Crippen molar-refractivity contribution in [3.05, 3.63) is 51.7 Å². The number of aromatic nitrogens is 2. The number of hydrogen-bond acceptors (Lipinski definition) is 5. The van der Waals surface area contributed by atoms with Gasteiger partial charge < -0.3 is 15.0 Å². The third-order valence-corrected chi connectivity index (χ3v) is 3.89. The first-order chi connectivity index (χ1) is 11.1. The molecule has 0 aliphatic heterocycles. The predicted molar refractivity (Wildman–Crippen MR) is 92.0 cm³/mol. The first kappa shape index (κ1) is 16.8. The number of hydrogen-bond donors (Lipinski definition) is 2. The van der Waals surface area contributed by atoms with Crippen LogP contribution in [0.3, 0.4) is 0 Å². The van der Waals surface area contributed by atoms with Crippen LogP contribution >= 0.6 is 11.8 Å². The molecule has 7 heteroatoms. The maximum atomic E-state index is 11.8. The first-order valence-electron chi connectivity index (χ1n) is 6.80. The van der Waals surface area contributed by atoms with E-state index >= 15 is 0 Å². The minimum absolute atomic E-state index is 0.0150. The highest BCUT2D eigenvalue weighted by molar-refractivity contribution is 7.98. The Hall–Kier alpha value is -2.54. The predicted octanol–water partition coefficient (Wildman–Crippen LogP) is 2.03. The van der Waals surface area contributed by atoms with E-state index in [2.05, 4.69) is 15.3 Å². The number of amides is 1. The topological polar surface area (TPSA) is 84.1 Å². The average Bonchev–Trinajstić information content (AvgIpc) is 2.59. The van der Waals surface area contributed by atoms with Gasteiger partial charge in [-0.15, -0.1) is 11.8 Å². The lowest BCUT2D eigenvalue weighted by molar-refractivity contribution is 0.0961. The van der Waals surface area contributed by atoms with Gasteiger partial charge in [-0.05, 0) is 30.0 Å². The van der Waals surface area contributed by atoms with Gasteiger partial charge in [0.15, 0.2) is 0 Å². The van der Waals surface area contributed by atoms with Crippen molar-refractivity contribution in [3.63, 3.8) is 0 Å². The summed E-state index contributed by atoms with van der Waals surface area (Å²) in [6, 6.07) is 5.78. The average molecular weight is 331 g/mol. The van der Waals surface area contributed by atoms with E-state index in [9.17, 15) is 9.59 Å². The highest BCUT2D eigenvalue weighted by Crippen LogP contribution is 2.28. The summed E-state index contributed by atoms with van der Waals surface area (Å²) in [4.78, 5) is 30.9. The molecule has 1 aromatic heterocycles. The molecule has 6 nitrogen and oxygen atoms in total. The summed E-state index contributed by atoms with van der Waals surface area (Å²) in [7, 11) is 3.09. The van der Waals surface area contributed by atoms with Gasteiger partial charge in [0, 0.05) is 18.1 Å². The third-order valence-electron chi connectivity index (χ3n) is 3.13. The lowest BCUT2D eigenvalue weighted by atomic mass is 10.2. The van der Waals surface area contributed by atoms with Crippen molar-refractivity contribution in [3.8, 4) is 5.75 Å². The summed E-state index contributed by atoms with van der Waals surface area (Å²) in [5.41, 5.74) is 0.463. The van der Waals surface area contributed by atoms with Crippen LogP contribution in [0.25, 0.3) is 12.2 Å². The van der Waals surface area contributed by atoms with Crippen molar-refractivity contribution < 1.29 is 9.53 Å². The Balaban J connectivity index is 2.25. The second kappa shape index (κ2) is 7.64. The van der Waals surface area contributed by atoms with Gasteiger partial charge in [-0.2, -0.15) is 0 Å². The molecule has 0 spiro atoms. The van der Waals surface area contributed by atoms with E-state index in [1.54, 1.807) is 24.9 Å². The number of thioether (sulfide) groups is 1. The van der Waals surface area contributed by atoms with Crippen LogP contribution in [0.15, 0.2) is 34.1 Å². The zero-order valence-electron chi connectivity index (χ0n) is 13.0. The molecule has 23 heavy (non-hydrogen) atoms. The molecule has 0 unspecified atom stereocenters. The van der Waals surface area contributed by atoms with Crippen LogP contribution in [-0.4, -0.2) is 36.3 Å². The van der Waals surface area contributed by atoms with E-state index in [4.69, 9.17) is 4.74 Å². The number of carbonyl (C=O) groups is 1. The van der Waals surface area contributed by atoms with Crippen LogP contribution in [0.1, 0.15) is 21.7 Å². The smallest absolute Gasteiger partial charge is 0.263 e. The van der Waals surface area contributed by atoms with Gasteiger partial charge in [-0.3, -0.25) is 9.59 Å². The molecule has 120 valence electrons. The zero-order valence-corrected chi connectivity index (χ0v) is 13.9. The summed E-state index contributed by atoms with van der Waals surface area (Å²) in [5.74, 6) is 0.731. The Bertz CT molecular complexity index is 799. The quantitative estimate of drug-likeness (QED) is 0.819. The fourth-order valence-electron chi connectivity index (χ4n) is 1.92. The third kappa shape index (κ3) is 4.01. The van der Waals surface area contributed by atoms with Gasteiger partial charge in [-0.25, -0.2) is 4.98 Å². The van der Waals surface area contributed by atoms with Gasteiger partial charge in [0.1, 0.15) is 17.1 Å². The number of benzene rings is 1. The fourth-order valence-corrected chi connectivity index (χ4v) is 2.53. The number of H-pyrrole nitrogens is 1. The summed E-state index contributed by atoms with van der Waals surface area (Å²) < 4.78 is 5.27. The molecule has 1 heterocycles. The van der Waals surface area contributed by atoms with Gasteiger partial charge in [0.25, 0.3) is 11.5 Å². The number of nitrogens with one attached hydrogen (secondary N) is 2. The normalized spacial score (nSPS) is 10.7. The number of rotatable bonds is 5. The molecule has 0 aliphatic rings. The standard InChI is InChI=1S/C16H17N3O3S/c1-17-15(20)11-9-18-14(19-16(11)21)7-5-10-4-6-12(22-2)13(8-10)23-3/h4-9H,1-3H3,(H,17,20)(H,18,19,21)/b7-5-. The number of carbonyl (C=O) groups excluding carboxylic acids is 1. The lowest BCUT2D eigenvalue weighted by Gasteiger charge is -2.06. The molecule has 2 N–H and O–H groups in total. The highest BCUT2D eigenvalue weighted by atomic mass is 32.2. The molecule has 0 bridgehead atoms. The molecule has 0 atom stereocenters. The van der Waals surface area contributed by atoms with Crippen LogP contribution in [0.5, 0.6) is 5.75 Å². The molecule has 0 saturated carbocycles. The van der Waals surface area contributed by atoms with Crippen molar-refractivity contribution in [1.29, 1.82) is 0 Å². The number of nitrogens with zero attached hydrogens (tertiary/aromatic N) is 1. The summed E-state index contributed by atoms with van der Waals surface area (Å²) >= 11 is 1.59. The number of methoxy groups -OCH3 is 1. The Kier molecular flexibility index (Phi) is 5.59. The van der Waals surface area contributed by atoms with Crippen LogP contribution in [0.2, 0.25) is 0 Å². The molecular weight excluding hydrogens is 314 g/mol. The van der Waals surface area contributed by atoms with E-state index in [0.717, 1.165) is 16.2 Å². The first-order valence-corrected chi connectivity index (χ1v) is 8.03. The molecule has 0 saturated heterocycles. The van der Waals surface area contributed by atoms with E-state index in [0.29, 0.717) is 5.82 Å².